The highest BCUT2D eigenvalue weighted by Gasteiger charge is 2.30. The van der Waals surface area contributed by atoms with Gasteiger partial charge in [-0.2, -0.15) is 0 Å². The van der Waals surface area contributed by atoms with E-state index in [2.05, 4.69) is 5.32 Å². The summed E-state index contributed by atoms with van der Waals surface area (Å²) in [5, 5.41) is 89.0. The fraction of sp³-hybridized carbons (Fsp3) is 0.870. The average molecular weight is 584 g/mol. The van der Waals surface area contributed by atoms with Crippen molar-refractivity contribution in [1.82, 2.24) is 24.9 Å². The van der Waals surface area contributed by atoms with Gasteiger partial charge in [-0.3, -0.25) is 34.0 Å². The van der Waals surface area contributed by atoms with Crippen molar-refractivity contribution in [3.63, 3.8) is 0 Å². The first-order chi connectivity index (χ1) is 18.8. The van der Waals surface area contributed by atoms with Gasteiger partial charge in [0.05, 0.1) is 38.4 Å². The van der Waals surface area contributed by atoms with Gasteiger partial charge in [-0.15, -0.1) is 0 Å². The molecular weight excluding hydrogens is 538 g/mol. The van der Waals surface area contributed by atoms with Crippen LogP contribution in [0.5, 0.6) is 0 Å². The Morgan fingerprint density at radius 3 is 1.27 bits per heavy atom. The van der Waals surface area contributed by atoms with Gasteiger partial charge >= 0.3 is 17.9 Å². The van der Waals surface area contributed by atoms with E-state index in [1.54, 1.807) is 14.7 Å². The van der Waals surface area contributed by atoms with Crippen LogP contribution in [0.25, 0.3) is 0 Å². The first-order valence-electron chi connectivity index (χ1n) is 13.1. The fourth-order valence-electron chi connectivity index (χ4n) is 4.25. The standard InChI is InChI=1S/C23H45N5O12/c29-15-18(32)23(40)22(39)17(31)10-24-9-16(30)11-25-1-3-26(12-19(33)34)5-7-28(14-21(37)38)8-6-27(4-2-25)13-20(35)36/h16-18,22-24,29-32,39-40H,1-15H2,(H,33,34)(H,35,36)(H,37,38). The summed E-state index contributed by atoms with van der Waals surface area (Å²) in [5.41, 5.74) is 0. The highest BCUT2D eigenvalue weighted by atomic mass is 16.4. The van der Waals surface area contributed by atoms with Gasteiger partial charge in [0.2, 0.25) is 0 Å². The number of β-amino-alcohol motifs (C(OH)–C–C–N with tert-alkyl or cyclic N) is 1. The van der Waals surface area contributed by atoms with Gasteiger partial charge in [-0.25, -0.2) is 0 Å². The SMILES string of the molecule is O=C(O)CN1CCN(CC(=O)O)CCN(CC(O)CNCC(O)C(O)C(O)C(O)CO)CCN(CC(=O)O)CC1. The normalized spacial score (nSPS) is 21.4. The number of aliphatic carboxylic acids is 3. The Bertz CT molecular complexity index is 734. The van der Waals surface area contributed by atoms with Crippen molar-refractivity contribution in [2.45, 2.75) is 30.5 Å². The topological polar surface area (TPSA) is 258 Å². The maximum Gasteiger partial charge on any atom is 0.317 e. The molecule has 0 aliphatic carbocycles. The molecule has 1 saturated heterocycles. The van der Waals surface area contributed by atoms with Crippen molar-refractivity contribution in [2.75, 3.05) is 98.2 Å². The summed E-state index contributed by atoms with van der Waals surface area (Å²) >= 11 is 0. The maximum absolute atomic E-state index is 11.4. The minimum atomic E-state index is -1.77. The highest BCUT2D eigenvalue weighted by molar-refractivity contribution is 5.69. The predicted molar refractivity (Wildman–Crippen MR) is 139 cm³/mol. The van der Waals surface area contributed by atoms with E-state index in [-0.39, 0.29) is 65.4 Å². The van der Waals surface area contributed by atoms with Crippen LogP contribution in [0.1, 0.15) is 0 Å². The number of aliphatic hydroxyl groups excluding tert-OH is 6. The summed E-state index contributed by atoms with van der Waals surface area (Å²) in [7, 11) is 0. The van der Waals surface area contributed by atoms with Gasteiger partial charge in [-0.1, -0.05) is 0 Å². The Morgan fingerprint density at radius 1 is 0.575 bits per heavy atom. The minimum absolute atomic E-state index is 0.0270. The number of hydrogen-bond acceptors (Lipinski definition) is 14. The first-order valence-corrected chi connectivity index (χ1v) is 13.1. The van der Waals surface area contributed by atoms with E-state index in [0.29, 0.717) is 26.2 Å². The van der Waals surface area contributed by atoms with E-state index in [4.69, 9.17) is 5.11 Å². The predicted octanol–water partition coefficient (Wildman–Crippen LogP) is -6.15. The van der Waals surface area contributed by atoms with Crippen LogP contribution in [0.3, 0.4) is 0 Å². The summed E-state index contributed by atoms with van der Waals surface area (Å²) < 4.78 is 0. The van der Waals surface area contributed by atoms with Crippen molar-refractivity contribution >= 4 is 17.9 Å². The van der Waals surface area contributed by atoms with Crippen LogP contribution in [-0.2, 0) is 14.4 Å². The monoisotopic (exact) mass is 583 g/mol. The molecule has 0 spiro atoms. The molecule has 17 nitrogen and oxygen atoms in total. The van der Waals surface area contributed by atoms with Crippen LogP contribution in [0.2, 0.25) is 0 Å². The van der Waals surface area contributed by atoms with Crippen LogP contribution < -0.4 is 5.32 Å². The molecule has 0 aromatic carbocycles. The molecular formula is C23H45N5O12. The lowest BCUT2D eigenvalue weighted by atomic mass is 10.0. The second kappa shape index (κ2) is 19.2. The largest absolute Gasteiger partial charge is 0.480 e. The molecule has 5 atom stereocenters. The van der Waals surface area contributed by atoms with E-state index in [0.717, 1.165) is 0 Å². The molecule has 0 aromatic rings. The summed E-state index contributed by atoms with van der Waals surface area (Å²) in [4.78, 5) is 40.8. The Balaban J connectivity index is 2.81. The minimum Gasteiger partial charge on any atom is -0.480 e. The van der Waals surface area contributed by atoms with E-state index < -0.39 is 55.0 Å². The molecule has 0 radical (unpaired) electrons. The Labute approximate surface area is 232 Å². The Kier molecular flexibility index (Phi) is 17.2. The Morgan fingerprint density at radius 2 is 0.925 bits per heavy atom. The highest BCUT2D eigenvalue weighted by Crippen LogP contribution is 2.05. The molecule has 1 aliphatic heterocycles. The zero-order valence-electron chi connectivity index (χ0n) is 22.5. The van der Waals surface area contributed by atoms with Crippen molar-refractivity contribution in [2.24, 2.45) is 0 Å². The molecule has 5 unspecified atom stereocenters. The second-order valence-corrected chi connectivity index (χ2v) is 9.92. The second-order valence-electron chi connectivity index (χ2n) is 9.92. The molecule has 1 aliphatic rings. The number of carboxylic acids is 3. The van der Waals surface area contributed by atoms with E-state index in [1.807, 2.05) is 4.90 Å². The van der Waals surface area contributed by atoms with Crippen molar-refractivity contribution in [3.05, 3.63) is 0 Å². The zero-order chi connectivity index (χ0) is 30.2. The van der Waals surface area contributed by atoms with Crippen LogP contribution in [-0.4, -0.2) is 212 Å². The van der Waals surface area contributed by atoms with E-state index in [1.165, 1.54) is 0 Å². The molecule has 0 amide bonds. The van der Waals surface area contributed by atoms with E-state index in [9.17, 15) is 55.2 Å². The lowest BCUT2D eigenvalue weighted by Gasteiger charge is -2.33. The number of carboxylic acid groups (broad SMARTS) is 3. The number of nitrogens with one attached hydrogen (secondary N) is 1. The van der Waals surface area contributed by atoms with Gasteiger partial charge in [0.25, 0.3) is 0 Å². The number of hydrogen-bond donors (Lipinski definition) is 10. The molecule has 17 heteroatoms. The molecule has 40 heavy (non-hydrogen) atoms. The summed E-state index contributed by atoms with van der Waals surface area (Å²) in [6.45, 7) is 0.586. The molecule has 1 heterocycles. The number of carbonyl (C=O) groups is 3. The van der Waals surface area contributed by atoms with Crippen LogP contribution in [0, 0.1) is 0 Å². The summed E-state index contributed by atoms with van der Waals surface area (Å²) in [6.07, 6.45) is -7.62. The Hall–Kier alpha value is -2.03. The van der Waals surface area contributed by atoms with Crippen molar-refractivity contribution in [3.8, 4) is 0 Å². The van der Waals surface area contributed by atoms with Crippen molar-refractivity contribution in [1.29, 1.82) is 0 Å². The lowest BCUT2D eigenvalue weighted by molar-refractivity contribution is -0.140. The van der Waals surface area contributed by atoms with Crippen molar-refractivity contribution < 1.29 is 60.3 Å². The molecule has 0 bridgehead atoms. The fourth-order valence-corrected chi connectivity index (χ4v) is 4.25. The van der Waals surface area contributed by atoms with Gasteiger partial charge in [-0.05, 0) is 0 Å². The maximum atomic E-state index is 11.4. The van der Waals surface area contributed by atoms with Crippen LogP contribution in [0.4, 0.5) is 0 Å². The van der Waals surface area contributed by atoms with E-state index >= 15 is 0 Å². The van der Waals surface area contributed by atoms with Gasteiger partial charge in [0, 0.05) is 72.0 Å². The molecule has 1 fully saturated rings. The molecule has 0 aromatic heterocycles. The van der Waals surface area contributed by atoms with Gasteiger partial charge in [0.15, 0.2) is 0 Å². The average Bonchev–Trinajstić information content (AvgIpc) is 2.87. The number of nitrogens with zero attached hydrogens (tertiary/aromatic N) is 4. The smallest absolute Gasteiger partial charge is 0.317 e. The molecule has 1 rings (SSSR count). The van der Waals surface area contributed by atoms with Crippen LogP contribution >= 0.6 is 0 Å². The van der Waals surface area contributed by atoms with Gasteiger partial charge < -0.3 is 51.3 Å². The third kappa shape index (κ3) is 15.1. The lowest BCUT2D eigenvalue weighted by Crippen LogP contribution is -2.51. The molecule has 0 saturated carbocycles. The first kappa shape index (κ1) is 36.0. The quantitative estimate of drug-likeness (QED) is 0.0810. The third-order valence-electron chi connectivity index (χ3n) is 6.53. The molecule has 10 N–H and O–H groups in total. The van der Waals surface area contributed by atoms with Crippen LogP contribution in [0.15, 0.2) is 0 Å². The number of rotatable bonds is 16. The van der Waals surface area contributed by atoms with Gasteiger partial charge in [0.1, 0.15) is 18.3 Å². The summed E-state index contributed by atoms with van der Waals surface area (Å²) in [5.74, 6) is -3.13. The zero-order valence-corrected chi connectivity index (χ0v) is 22.5. The third-order valence-corrected chi connectivity index (χ3v) is 6.53. The number of aliphatic hydroxyl groups is 6. The molecule has 234 valence electrons. The summed E-state index contributed by atoms with van der Waals surface area (Å²) in [6, 6.07) is 0.